The highest BCUT2D eigenvalue weighted by Crippen LogP contribution is 2.36. The molecule has 0 bridgehead atoms. The molecule has 1 aromatic heterocycles. The molecule has 26 heavy (non-hydrogen) atoms. The summed E-state index contributed by atoms with van der Waals surface area (Å²) in [5.41, 5.74) is 2.00. The molecule has 2 aromatic carbocycles. The fraction of sp³-hybridized carbons (Fsp3) is 0.263. The summed E-state index contributed by atoms with van der Waals surface area (Å²) in [6.45, 7) is 1.14. The van der Waals surface area contributed by atoms with E-state index in [4.69, 9.17) is 4.98 Å². The van der Waals surface area contributed by atoms with Crippen LogP contribution in [-0.4, -0.2) is 28.9 Å². The van der Waals surface area contributed by atoms with Gasteiger partial charge in [-0.1, -0.05) is 30.3 Å². The number of halogens is 2. The van der Waals surface area contributed by atoms with Crippen LogP contribution in [0.4, 0.5) is 5.69 Å². The minimum atomic E-state index is 0. The minimum absolute atomic E-state index is 0. The van der Waals surface area contributed by atoms with Gasteiger partial charge in [0.05, 0.1) is 22.8 Å². The van der Waals surface area contributed by atoms with E-state index in [-0.39, 0.29) is 36.8 Å². The maximum absolute atomic E-state index is 12.7. The molecule has 2 heterocycles. The van der Waals surface area contributed by atoms with Crippen molar-refractivity contribution >= 4 is 58.0 Å². The first-order chi connectivity index (χ1) is 11.8. The summed E-state index contributed by atoms with van der Waals surface area (Å²) < 4.78 is 1.19. The smallest absolute Gasteiger partial charge is 0.242 e. The van der Waals surface area contributed by atoms with E-state index in [1.54, 1.807) is 11.3 Å². The van der Waals surface area contributed by atoms with Crippen molar-refractivity contribution in [3.8, 4) is 0 Å². The van der Waals surface area contributed by atoms with Gasteiger partial charge >= 0.3 is 0 Å². The van der Waals surface area contributed by atoms with E-state index in [1.165, 1.54) is 4.70 Å². The van der Waals surface area contributed by atoms with Gasteiger partial charge in [-0.05, 0) is 37.1 Å². The number of carbonyl (C=O) groups is 1. The second-order valence-corrected chi connectivity index (χ2v) is 7.05. The number of carbonyl (C=O) groups excluding carboxylic acids is 1. The zero-order valence-corrected chi connectivity index (χ0v) is 16.6. The first-order valence-corrected chi connectivity index (χ1v) is 9.07. The van der Waals surface area contributed by atoms with Crippen LogP contribution >= 0.6 is 36.2 Å². The largest absolute Gasteiger partial charge is 0.376 e. The van der Waals surface area contributed by atoms with Crippen molar-refractivity contribution in [3.05, 3.63) is 59.6 Å². The number of para-hydroxylation sites is 2. The molecule has 1 aliphatic heterocycles. The van der Waals surface area contributed by atoms with Crippen LogP contribution in [0.15, 0.2) is 54.6 Å². The molecule has 0 radical (unpaired) electrons. The Balaban J connectivity index is 0.00000121. The van der Waals surface area contributed by atoms with E-state index in [2.05, 4.69) is 11.4 Å². The number of nitrogens with one attached hydrogen (secondary N) is 1. The number of rotatable bonds is 4. The third-order valence-electron chi connectivity index (χ3n) is 4.39. The number of benzene rings is 2. The molecule has 1 fully saturated rings. The van der Waals surface area contributed by atoms with Crippen LogP contribution in [0.5, 0.6) is 0 Å². The number of hydrogen-bond donors (Lipinski definition) is 1. The van der Waals surface area contributed by atoms with Gasteiger partial charge < -0.3 is 10.2 Å². The number of amides is 1. The maximum Gasteiger partial charge on any atom is 0.242 e. The first-order valence-electron chi connectivity index (χ1n) is 8.25. The SMILES string of the molecule is Cl.Cl.O=C(CNc1ccccc1)N1CCCC1c1nc2ccccc2s1. The standard InChI is InChI=1S/C19H19N3OS.2ClH/c23-18(13-20-14-7-2-1-3-8-14)22-12-6-10-16(22)19-21-15-9-4-5-11-17(15)24-19;;/h1-5,7-9,11,16,20H,6,10,12-13H2;2*1H. The lowest BCUT2D eigenvalue weighted by Gasteiger charge is -2.23. The van der Waals surface area contributed by atoms with Gasteiger partial charge in [0.25, 0.3) is 0 Å². The lowest BCUT2D eigenvalue weighted by atomic mass is 10.2. The second kappa shape index (κ2) is 9.21. The highest BCUT2D eigenvalue weighted by Gasteiger charge is 2.31. The summed E-state index contributed by atoms with van der Waals surface area (Å²) >= 11 is 1.70. The molecule has 3 aromatic rings. The fourth-order valence-corrected chi connectivity index (χ4v) is 4.31. The molecule has 0 spiro atoms. The number of anilines is 1. The van der Waals surface area contributed by atoms with Crippen LogP contribution in [0.1, 0.15) is 23.9 Å². The summed E-state index contributed by atoms with van der Waals surface area (Å²) in [4.78, 5) is 19.4. The number of hydrogen-bond acceptors (Lipinski definition) is 4. The monoisotopic (exact) mass is 409 g/mol. The molecule has 138 valence electrons. The van der Waals surface area contributed by atoms with Crippen molar-refractivity contribution in [2.24, 2.45) is 0 Å². The van der Waals surface area contributed by atoms with E-state index in [9.17, 15) is 4.79 Å². The second-order valence-electron chi connectivity index (χ2n) is 5.98. The predicted molar refractivity (Wildman–Crippen MR) is 113 cm³/mol. The van der Waals surface area contributed by atoms with Gasteiger partial charge in [-0.3, -0.25) is 4.79 Å². The zero-order chi connectivity index (χ0) is 16.4. The fourth-order valence-electron chi connectivity index (χ4n) is 3.19. The molecule has 4 nitrogen and oxygen atoms in total. The molecule has 1 atom stereocenters. The molecule has 4 rings (SSSR count). The Kier molecular flexibility index (Phi) is 7.26. The Morgan fingerprint density at radius 2 is 1.85 bits per heavy atom. The van der Waals surface area contributed by atoms with Gasteiger partial charge in [-0.15, -0.1) is 36.2 Å². The lowest BCUT2D eigenvalue weighted by Crippen LogP contribution is -2.35. The quantitative estimate of drug-likeness (QED) is 0.665. The molecule has 1 amide bonds. The molecule has 7 heteroatoms. The van der Waals surface area contributed by atoms with Crippen LogP contribution in [0, 0.1) is 0 Å². The third kappa shape index (κ3) is 4.29. The zero-order valence-electron chi connectivity index (χ0n) is 14.1. The number of thiazole rings is 1. The summed E-state index contributed by atoms with van der Waals surface area (Å²) in [5.74, 6) is 0.139. The molecule has 1 saturated heterocycles. The highest BCUT2D eigenvalue weighted by molar-refractivity contribution is 7.18. The predicted octanol–water partition coefficient (Wildman–Crippen LogP) is 4.92. The summed E-state index contributed by atoms with van der Waals surface area (Å²) in [7, 11) is 0. The molecular weight excluding hydrogens is 389 g/mol. The van der Waals surface area contributed by atoms with Crippen molar-refractivity contribution in [2.75, 3.05) is 18.4 Å². The average Bonchev–Trinajstić information content (AvgIpc) is 3.26. The van der Waals surface area contributed by atoms with Gasteiger partial charge in [0.15, 0.2) is 0 Å². The third-order valence-corrected chi connectivity index (χ3v) is 5.52. The van der Waals surface area contributed by atoms with Crippen LogP contribution in [0.25, 0.3) is 10.2 Å². The summed E-state index contributed by atoms with van der Waals surface area (Å²) in [5, 5.41) is 4.27. The van der Waals surface area contributed by atoms with Gasteiger partial charge in [-0.2, -0.15) is 0 Å². The van der Waals surface area contributed by atoms with E-state index in [1.807, 2.05) is 53.4 Å². The Bertz CT molecular complexity index is 823. The number of aromatic nitrogens is 1. The molecule has 0 aliphatic carbocycles. The van der Waals surface area contributed by atoms with E-state index in [0.717, 1.165) is 35.6 Å². The van der Waals surface area contributed by atoms with E-state index in [0.29, 0.717) is 6.54 Å². The van der Waals surface area contributed by atoms with Crippen molar-refractivity contribution in [3.63, 3.8) is 0 Å². The molecular formula is C19H21Cl2N3OS. The van der Waals surface area contributed by atoms with Gasteiger partial charge in [0, 0.05) is 12.2 Å². The lowest BCUT2D eigenvalue weighted by molar-refractivity contribution is -0.130. The Labute approximate surface area is 169 Å². The Hall–Kier alpha value is -1.82. The minimum Gasteiger partial charge on any atom is -0.376 e. The van der Waals surface area contributed by atoms with Crippen molar-refractivity contribution in [2.45, 2.75) is 18.9 Å². The van der Waals surface area contributed by atoms with Crippen LogP contribution < -0.4 is 5.32 Å². The van der Waals surface area contributed by atoms with Gasteiger partial charge in [0.2, 0.25) is 5.91 Å². The van der Waals surface area contributed by atoms with Crippen LogP contribution in [0.2, 0.25) is 0 Å². The summed E-state index contributed by atoms with van der Waals surface area (Å²) in [6, 6.07) is 18.1. The molecule has 1 aliphatic rings. The number of fused-ring (bicyclic) bond motifs is 1. The van der Waals surface area contributed by atoms with Crippen molar-refractivity contribution < 1.29 is 4.79 Å². The van der Waals surface area contributed by atoms with Crippen LogP contribution in [0.3, 0.4) is 0 Å². The van der Waals surface area contributed by atoms with Gasteiger partial charge in [0.1, 0.15) is 5.01 Å². The normalized spacial score (nSPS) is 16.0. The molecule has 1 unspecified atom stereocenters. The van der Waals surface area contributed by atoms with Crippen LogP contribution in [-0.2, 0) is 4.79 Å². The highest BCUT2D eigenvalue weighted by atomic mass is 35.5. The maximum atomic E-state index is 12.7. The molecule has 0 saturated carbocycles. The first kappa shape index (κ1) is 20.5. The topological polar surface area (TPSA) is 45.2 Å². The van der Waals surface area contributed by atoms with Crippen molar-refractivity contribution in [1.29, 1.82) is 0 Å². The Morgan fingerprint density at radius 1 is 1.12 bits per heavy atom. The Morgan fingerprint density at radius 3 is 2.62 bits per heavy atom. The number of likely N-dealkylation sites (tertiary alicyclic amines) is 1. The average molecular weight is 410 g/mol. The van der Waals surface area contributed by atoms with E-state index >= 15 is 0 Å². The van der Waals surface area contributed by atoms with Gasteiger partial charge in [-0.25, -0.2) is 4.98 Å². The summed E-state index contributed by atoms with van der Waals surface area (Å²) in [6.07, 6.45) is 2.04. The number of nitrogens with zero attached hydrogens (tertiary/aromatic N) is 2. The van der Waals surface area contributed by atoms with E-state index < -0.39 is 0 Å². The molecule has 1 N–H and O–H groups in total. The van der Waals surface area contributed by atoms with Crippen molar-refractivity contribution in [1.82, 2.24) is 9.88 Å².